The molecule has 8 nitrogen and oxygen atoms in total. The van der Waals surface area contributed by atoms with E-state index in [1.54, 1.807) is 18.3 Å². The van der Waals surface area contributed by atoms with Gasteiger partial charge in [-0.15, -0.1) is 11.3 Å². The molecule has 1 aromatic carbocycles. The van der Waals surface area contributed by atoms with Crippen LogP contribution in [0, 0.1) is 6.92 Å². The van der Waals surface area contributed by atoms with Crippen molar-refractivity contribution in [2.45, 2.75) is 39.1 Å². The molecule has 0 aliphatic carbocycles. The van der Waals surface area contributed by atoms with Crippen molar-refractivity contribution in [2.75, 3.05) is 32.6 Å². The highest BCUT2D eigenvalue weighted by Crippen LogP contribution is 2.37. The molecule has 180 valence electrons. The molecular weight excluding hydrogens is 452 g/mol. The smallest absolute Gasteiger partial charge is 0.309 e. The van der Waals surface area contributed by atoms with E-state index < -0.39 is 12.3 Å². The summed E-state index contributed by atoms with van der Waals surface area (Å²) in [7, 11) is 4.14. The van der Waals surface area contributed by atoms with Crippen LogP contribution in [0.2, 0.25) is 0 Å². The predicted molar refractivity (Wildman–Crippen MR) is 132 cm³/mol. The fourth-order valence-electron chi connectivity index (χ4n) is 4.05. The molecule has 1 saturated heterocycles. The summed E-state index contributed by atoms with van der Waals surface area (Å²) in [4.78, 5) is 25.0. The summed E-state index contributed by atoms with van der Waals surface area (Å²) in [5.74, 6) is 0.0823. The number of thiophene rings is 1. The van der Waals surface area contributed by atoms with Gasteiger partial charge in [0.15, 0.2) is 6.29 Å². The Morgan fingerprint density at radius 3 is 2.65 bits per heavy atom. The van der Waals surface area contributed by atoms with E-state index in [0.29, 0.717) is 36.1 Å². The van der Waals surface area contributed by atoms with E-state index in [1.165, 1.54) is 16.0 Å². The average Bonchev–Trinajstić information content (AvgIpc) is 3.45. The molecule has 1 unspecified atom stereocenters. The van der Waals surface area contributed by atoms with Crippen molar-refractivity contribution in [3.8, 4) is 10.4 Å². The number of rotatable bonds is 9. The number of carboxylic acid groups (broad SMARTS) is 1. The number of anilines is 1. The summed E-state index contributed by atoms with van der Waals surface area (Å²) in [6.45, 7) is 5.58. The molecular formula is C25H30N4O4S. The number of aliphatic carboxylic acids is 1. The standard InChI is InChI=1S/C25H30N4O4S/c1-15(20-9-10-21(34-20)18-8-6-5-7-17(18)14-29(3)4)26-24-23(25-32-11-12-33-25)19(13-22(30)31)27-16(2)28-24/h5-10,15,25H,11-14H2,1-4H3,(H,30,31)(H,26,27,28). The van der Waals surface area contributed by atoms with Gasteiger partial charge in [-0.3, -0.25) is 4.79 Å². The van der Waals surface area contributed by atoms with Gasteiger partial charge in [-0.25, -0.2) is 9.97 Å². The highest BCUT2D eigenvalue weighted by Gasteiger charge is 2.29. The molecule has 2 aromatic heterocycles. The lowest BCUT2D eigenvalue weighted by molar-refractivity contribution is -0.136. The number of ether oxygens (including phenoxy) is 2. The Morgan fingerprint density at radius 1 is 1.21 bits per heavy atom. The highest BCUT2D eigenvalue weighted by molar-refractivity contribution is 7.15. The maximum absolute atomic E-state index is 11.5. The van der Waals surface area contributed by atoms with Crippen molar-refractivity contribution in [3.63, 3.8) is 0 Å². The highest BCUT2D eigenvalue weighted by atomic mass is 32.1. The number of nitrogens with zero attached hydrogens (tertiary/aromatic N) is 3. The summed E-state index contributed by atoms with van der Waals surface area (Å²) >= 11 is 1.73. The molecule has 4 rings (SSSR count). The van der Waals surface area contributed by atoms with E-state index in [9.17, 15) is 9.90 Å². The number of aryl methyl sites for hydroxylation is 1. The van der Waals surface area contributed by atoms with Gasteiger partial charge in [0, 0.05) is 16.3 Å². The van der Waals surface area contributed by atoms with Crippen LogP contribution >= 0.6 is 11.3 Å². The minimum absolute atomic E-state index is 0.0631. The molecule has 1 aliphatic heterocycles. The summed E-state index contributed by atoms with van der Waals surface area (Å²) in [5.41, 5.74) is 3.48. The van der Waals surface area contributed by atoms with Crippen molar-refractivity contribution in [3.05, 3.63) is 63.9 Å². The third-order valence-corrected chi connectivity index (χ3v) is 6.79. The van der Waals surface area contributed by atoms with Crippen molar-refractivity contribution >= 4 is 23.1 Å². The SMILES string of the molecule is Cc1nc(CC(=O)O)c(C2OCCO2)c(NC(C)c2ccc(-c3ccccc3CN(C)C)s2)n1. The lowest BCUT2D eigenvalue weighted by Crippen LogP contribution is -2.17. The molecule has 1 atom stereocenters. The van der Waals surface area contributed by atoms with Gasteiger partial charge in [-0.05, 0) is 51.2 Å². The first-order chi connectivity index (χ1) is 16.3. The molecule has 3 aromatic rings. The summed E-state index contributed by atoms with van der Waals surface area (Å²) in [6, 6.07) is 12.7. The summed E-state index contributed by atoms with van der Waals surface area (Å²) < 4.78 is 11.4. The zero-order valence-electron chi connectivity index (χ0n) is 19.9. The fraction of sp³-hybridized carbons (Fsp3) is 0.400. The Labute approximate surface area is 203 Å². The van der Waals surface area contributed by atoms with Crippen LogP contribution in [0.5, 0.6) is 0 Å². The van der Waals surface area contributed by atoms with Crippen molar-refractivity contribution in [1.82, 2.24) is 14.9 Å². The van der Waals surface area contributed by atoms with Gasteiger partial charge in [0.05, 0.1) is 36.9 Å². The average molecular weight is 483 g/mol. The fourth-order valence-corrected chi connectivity index (χ4v) is 5.12. The van der Waals surface area contributed by atoms with Crippen molar-refractivity contribution in [2.24, 2.45) is 0 Å². The van der Waals surface area contributed by atoms with Gasteiger partial charge >= 0.3 is 5.97 Å². The Hall–Kier alpha value is -2.85. The second kappa shape index (κ2) is 10.6. The van der Waals surface area contributed by atoms with Crippen LogP contribution in [0.15, 0.2) is 36.4 Å². The summed E-state index contributed by atoms with van der Waals surface area (Å²) in [5, 5.41) is 12.9. The number of benzene rings is 1. The molecule has 0 saturated carbocycles. The number of carboxylic acids is 1. The zero-order chi connectivity index (χ0) is 24.2. The lowest BCUT2D eigenvalue weighted by Gasteiger charge is -2.21. The minimum atomic E-state index is -0.962. The van der Waals surface area contributed by atoms with Gasteiger partial charge in [-0.2, -0.15) is 0 Å². The normalized spacial score (nSPS) is 15.1. The van der Waals surface area contributed by atoms with Gasteiger partial charge < -0.3 is 24.8 Å². The maximum Gasteiger partial charge on any atom is 0.309 e. The molecule has 3 heterocycles. The Balaban J connectivity index is 1.63. The van der Waals surface area contributed by atoms with E-state index in [2.05, 4.69) is 77.6 Å². The van der Waals surface area contributed by atoms with E-state index in [4.69, 9.17) is 9.47 Å². The first-order valence-corrected chi connectivity index (χ1v) is 12.0. The summed E-state index contributed by atoms with van der Waals surface area (Å²) in [6.07, 6.45) is -0.905. The maximum atomic E-state index is 11.5. The van der Waals surface area contributed by atoms with Gasteiger partial charge in [0.2, 0.25) is 0 Å². The van der Waals surface area contributed by atoms with Crippen molar-refractivity contribution in [1.29, 1.82) is 0 Å². The molecule has 34 heavy (non-hydrogen) atoms. The lowest BCUT2D eigenvalue weighted by atomic mass is 10.1. The van der Waals surface area contributed by atoms with Crippen LogP contribution in [0.25, 0.3) is 10.4 Å². The molecule has 0 spiro atoms. The first-order valence-electron chi connectivity index (χ1n) is 11.2. The second-order valence-corrected chi connectivity index (χ2v) is 9.70. The third kappa shape index (κ3) is 5.61. The number of nitrogens with one attached hydrogen (secondary N) is 1. The second-order valence-electron chi connectivity index (χ2n) is 8.59. The number of carbonyl (C=O) groups is 1. The van der Waals surface area contributed by atoms with E-state index >= 15 is 0 Å². The largest absolute Gasteiger partial charge is 0.481 e. The van der Waals surface area contributed by atoms with Crippen LogP contribution in [0.4, 0.5) is 5.82 Å². The molecule has 1 aliphatic rings. The molecule has 2 N–H and O–H groups in total. The van der Waals surface area contributed by atoms with Crippen LogP contribution in [0.1, 0.15) is 46.8 Å². The number of hydrogen-bond donors (Lipinski definition) is 2. The Morgan fingerprint density at radius 2 is 1.94 bits per heavy atom. The molecule has 0 amide bonds. The molecule has 0 bridgehead atoms. The van der Waals surface area contributed by atoms with Gasteiger partial charge in [0.1, 0.15) is 11.6 Å². The molecule has 1 fully saturated rings. The first kappa shape index (κ1) is 24.3. The Kier molecular flexibility index (Phi) is 7.57. The quantitative estimate of drug-likeness (QED) is 0.463. The third-order valence-electron chi connectivity index (χ3n) is 5.49. The topological polar surface area (TPSA) is 96.8 Å². The van der Waals surface area contributed by atoms with E-state index in [-0.39, 0.29) is 12.5 Å². The number of aromatic nitrogens is 2. The van der Waals surface area contributed by atoms with Crippen LogP contribution in [0.3, 0.4) is 0 Å². The van der Waals surface area contributed by atoms with Crippen LogP contribution < -0.4 is 5.32 Å². The predicted octanol–water partition coefficient (Wildman–Crippen LogP) is 4.42. The van der Waals surface area contributed by atoms with E-state index in [1.807, 2.05) is 0 Å². The van der Waals surface area contributed by atoms with Gasteiger partial charge in [0.25, 0.3) is 0 Å². The van der Waals surface area contributed by atoms with E-state index in [0.717, 1.165) is 11.4 Å². The van der Waals surface area contributed by atoms with Crippen LogP contribution in [-0.2, 0) is 27.2 Å². The van der Waals surface area contributed by atoms with Crippen molar-refractivity contribution < 1.29 is 19.4 Å². The molecule has 0 radical (unpaired) electrons. The zero-order valence-corrected chi connectivity index (χ0v) is 20.7. The van der Waals surface area contributed by atoms with Gasteiger partial charge in [-0.1, -0.05) is 24.3 Å². The monoisotopic (exact) mass is 482 g/mol. The Bertz CT molecular complexity index is 1160. The molecule has 9 heteroatoms. The van der Waals surface area contributed by atoms with Crippen LogP contribution in [-0.4, -0.2) is 53.3 Å². The number of hydrogen-bond acceptors (Lipinski definition) is 8. The minimum Gasteiger partial charge on any atom is -0.481 e.